The molecule has 0 amide bonds. The summed E-state index contributed by atoms with van der Waals surface area (Å²) in [6.45, 7) is 9.28. The third kappa shape index (κ3) is 7.75. The van der Waals surface area contributed by atoms with Crippen molar-refractivity contribution in [1.29, 1.82) is 0 Å². The molecule has 0 heterocycles. The fourth-order valence-corrected chi connectivity index (χ4v) is 8.93. The van der Waals surface area contributed by atoms with Gasteiger partial charge in [0.25, 0.3) is 0 Å². The summed E-state index contributed by atoms with van der Waals surface area (Å²) in [5.74, 6) is 0. The van der Waals surface area contributed by atoms with Crippen LogP contribution in [0.15, 0.2) is 199 Å². The van der Waals surface area contributed by atoms with E-state index in [4.69, 9.17) is 5.73 Å². The molecule has 0 saturated heterocycles. The van der Waals surface area contributed by atoms with Crippen molar-refractivity contribution in [3.63, 3.8) is 0 Å². The summed E-state index contributed by atoms with van der Waals surface area (Å²) in [7, 11) is 0. The second-order valence-corrected chi connectivity index (χ2v) is 17.1. The van der Waals surface area contributed by atoms with Crippen LogP contribution in [-0.4, -0.2) is 0 Å². The van der Waals surface area contributed by atoms with E-state index in [0.29, 0.717) is 0 Å². The number of nitrogens with two attached hydrogens (primary N) is 1. The summed E-state index contributed by atoms with van der Waals surface area (Å²) in [5.41, 5.74) is 25.6. The molecule has 0 saturated carbocycles. The minimum Gasteiger partial charge on any atom is -0.399 e. The van der Waals surface area contributed by atoms with Crippen molar-refractivity contribution in [2.24, 2.45) is 0 Å². The zero-order valence-electron chi connectivity index (χ0n) is 33.1. The van der Waals surface area contributed by atoms with Gasteiger partial charge in [0.15, 0.2) is 0 Å². The molecule has 0 fully saturated rings. The summed E-state index contributed by atoms with van der Waals surface area (Å²) >= 11 is 3.56. The van der Waals surface area contributed by atoms with Crippen molar-refractivity contribution >= 4 is 21.6 Å². The van der Waals surface area contributed by atoms with Crippen LogP contribution in [0.4, 0.5) is 5.69 Å². The lowest BCUT2D eigenvalue weighted by Gasteiger charge is -2.22. The van der Waals surface area contributed by atoms with E-state index in [9.17, 15) is 0 Å². The molecule has 0 atom stereocenters. The van der Waals surface area contributed by atoms with E-state index in [1.807, 2.05) is 36.4 Å². The average molecular weight is 803 g/mol. The van der Waals surface area contributed by atoms with Gasteiger partial charge in [-0.05, 0) is 109 Å². The van der Waals surface area contributed by atoms with Gasteiger partial charge in [0.2, 0.25) is 0 Å². The van der Waals surface area contributed by atoms with Crippen molar-refractivity contribution in [2.45, 2.75) is 44.9 Å². The van der Waals surface area contributed by atoms with Gasteiger partial charge in [0.05, 0.1) is 0 Å². The quantitative estimate of drug-likeness (QED) is 0.176. The second-order valence-electron chi connectivity index (χ2n) is 16.1. The van der Waals surface area contributed by atoms with Gasteiger partial charge < -0.3 is 5.73 Å². The van der Waals surface area contributed by atoms with Crippen LogP contribution in [0.5, 0.6) is 0 Å². The second kappa shape index (κ2) is 15.9. The van der Waals surface area contributed by atoms with Crippen molar-refractivity contribution in [2.75, 3.05) is 5.73 Å². The molecule has 0 radical (unpaired) electrons. The first kappa shape index (κ1) is 37.9. The number of fused-ring (bicyclic) bond motifs is 6. The standard InChI is InChI=1S/C28H24.C15H13Br.C12H11N/c1-28(2)26-11-7-6-10-24(26)25-17-14-21(19-27(25)28)18-20-12-15-23(16-13-20)22-8-4-3-5-9-22;1-15(2)13-6-4-3-5-11(13)12-8-7-10(16)9-14(12)15;13-12-8-4-7-11(9-12)10-5-2-1-3-6-10/h3-17,19H,18H2,1-2H3;3-9H,1-2H3;1-9H,13H2. The Labute approximate surface area is 347 Å². The molecule has 0 aliphatic heterocycles. The predicted octanol–water partition coefficient (Wildman–Crippen LogP) is 14.9. The van der Waals surface area contributed by atoms with Crippen molar-refractivity contribution in [3.05, 3.63) is 232 Å². The molecule has 2 N–H and O–H groups in total. The van der Waals surface area contributed by atoms with Gasteiger partial charge in [-0.3, -0.25) is 0 Å². The summed E-state index contributed by atoms with van der Waals surface area (Å²) in [4.78, 5) is 0. The summed E-state index contributed by atoms with van der Waals surface area (Å²) < 4.78 is 1.16. The molecule has 2 heteroatoms. The Hall–Kier alpha value is -5.96. The molecule has 1 nitrogen and oxygen atoms in total. The molecular formula is C55H48BrN. The molecule has 280 valence electrons. The van der Waals surface area contributed by atoms with Crippen molar-refractivity contribution < 1.29 is 0 Å². The Bertz CT molecular complexity index is 2650. The van der Waals surface area contributed by atoms with E-state index in [2.05, 4.69) is 201 Å². The predicted molar refractivity (Wildman–Crippen MR) is 247 cm³/mol. The van der Waals surface area contributed by atoms with E-state index in [-0.39, 0.29) is 10.8 Å². The molecule has 2 aliphatic carbocycles. The number of anilines is 1. The topological polar surface area (TPSA) is 26.0 Å². The highest BCUT2D eigenvalue weighted by Crippen LogP contribution is 2.50. The van der Waals surface area contributed by atoms with Crippen LogP contribution in [0.25, 0.3) is 44.5 Å². The summed E-state index contributed by atoms with van der Waals surface area (Å²) in [5, 5.41) is 0. The summed E-state index contributed by atoms with van der Waals surface area (Å²) in [6.07, 6.45) is 0.967. The molecule has 10 rings (SSSR count). The fraction of sp³-hybridized carbons (Fsp3) is 0.127. The van der Waals surface area contributed by atoms with Crippen molar-refractivity contribution in [3.8, 4) is 44.5 Å². The number of benzene rings is 8. The highest BCUT2D eigenvalue weighted by Gasteiger charge is 2.36. The van der Waals surface area contributed by atoms with Crippen LogP contribution in [0.1, 0.15) is 61.1 Å². The van der Waals surface area contributed by atoms with Crippen LogP contribution >= 0.6 is 15.9 Å². The number of hydrogen-bond donors (Lipinski definition) is 1. The fourth-order valence-electron chi connectivity index (χ4n) is 8.57. The Morgan fingerprint density at radius 3 is 1.39 bits per heavy atom. The average Bonchev–Trinajstić information content (AvgIpc) is 3.61. The maximum atomic E-state index is 5.70. The normalized spacial score (nSPS) is 13.4. The molecular weight excluding hydrogens is 755 g/mol. The van der Waals surface area contributed by atoms with Crippen molar-refractivity contribution in [1.82, 2.24) is 0 Å². The molecule has 8 aromatic carbocycles. The number of hydrogen-bond acceptors (Lipinski definition) is 1. The van der Waals surface area contributed by atoms with E-state index in [1.54, 1.807) is 0 Å². The van der Waals surface area contributed by atoms with Gasteiger partial charge in [-0.2, -0.15) is 0 Å². The lowest BCUT2D eigenvalue weighted by atomic mass is 9.81. The van der Waals surface area contributed by atoms with E-state index >= 15 is 0 Å². The van der Waals surface area contributed by atoms with Gasteiger partial charge in [-0.25, -0.2) is 0 Å². The molecule has 0 aromatic heterocycles. The SMILES string of the molecule is CC1(C)c2ccccc2-c2ccc(Br)cc21.CC1(C)c2ccccc2-c2ccc(Cc3ccc(-c4ccccc4)cc3)cc21.Nc1cccc(-c2ccccc2)c1. The van der Waals surface area contributed by atoms with Gasteiger partial charge in [-0.15, -0.1) is 0 Å². The smallest absolute Gasteiger partial charge is 0.0320 e. The van der Waals surface area contributed by atoms with Crippen LogP contribution in [0, 0.1) is 0 Å². The van der Waals surface area contributed by atoms with Gasteiger partial charge in [-0.1, -0.05) is 213 Å². The first-order valence-corrected chi connectivity index (χ1v) is 20.6. The lowest BCUT2D eigenvalue weighted by Crippen LogP contribution is -2.15. The third-order valence-corrected chi connectivity index (χ3v) is 12.1. The highest BCUT2D eigenvalue weighted by molar-refractivity contribution is 9.10. The minimum atomic E-state index is 0.0686. The van der Waals surface area contributed by atoms with Gasteiger partial charge in [0.1, 0.15) is 0 Å². The Kier molecular flexibility index (Phi) is 10.6. The third-order valence-electron chi connectivity index (χ3n) is 11.7. The minimum absolute atomic E-state index is 0.0686. The van der Waals surface area contributed by atoms with Gasteiger partial charge >= 0.3 is 0 Å². The molecule has 57 heavy (non-hydrogen) atoms. The number of rotatable bonds is 4. The van der Waals surface area contributed by atoms with Crippen LogP contribution in [-0.2, 0) is 17.3 Å². The Morgan fingerprint density at radius 1 is 0.368 bits per heavy atom. The largest absolute Gasteiger partial charge is 0.399 e. The van der Waals surface area contributed by atoms with E-state index in [0.717, 1.165) is 16.6 Å². The molecule has 0 spiro atoms. The Balaban J connectivity index is 0.000000132. The molecule has 2 aliphatic rings. The zero-order chi connectivity index (χ0) is 39.6. The van der Waals surface area contributed by atoms with Crippen LogP contribution in [0.2, 0.25) is 0 Å². The summed E-state index contributed by atoms with van der Waals surface area (Å²) in [6, 6.07) is 68.8. The zero-order valence-corrected chi connectivity index (χ0v) is 34.7. The maximum Gasteiger partial charge on any atom is 0.0320 e. The number of halogens is 1. The van der Waals surface area contributed by atoms with E-state index in [1.165, 1.54) is 77.9 Å². The lowest BCUT2D eigenvalue weighted by molar-refractivity contribution is 0.659. The molecule has 0 unspecified atom stereocenters. The van der Waals surface area contributed by atoms with Crippen LogP contribution < -0.4 is 5.73 Å². The van der Waals surface area contributed by atoms with E-state index < -0.39 is 0 Å². The molecule has 8 aromatic rings. The molecule has 0 bridgehead atoms. The van der Waals surface area contributed by atoms with Crippen LogP contribution in [0.3, 0.4) is 0 Å². The maximum absolute atomic E-state index is 5.70. The Morgan fingerprint density at radius 2 is 0.807 bits per heavy atom. The monoisotopic (exact) mass is 801 g/mol. The highest BCUT2D eigenvalue weighted by atomic mass is 79.9. The first-order valence-electron chi connectivity index (χ1n) is 19.8. The van der Waals surface area contributed by atoms with Gasteiger partial charge in [0, 0.05) is 21.0 Å². The number of nitrogen functional groups attached to an aromatic ring is 1. The first-order chi connectivity index (χ1) is 27.6.